The molecular formula is C22H20N2O3. The number of nitrogens with zero attached hydrogens (tertiary/aromatic N) is 2. The van der Waals surface area contributed by atoms with E-state index in [2.05, 4.69) is 23.2 Å². The van der Waals surface area contributed by atoms with Gasteiger partial charge >= 0.3 is 0 Å². The van der Waals surface area contributed by atoms with Gasteiger partial charge in [-0.15, -0.1) is 0 Å². The van der Waals surface area contributed by atoms with E-state index in [-0.39, 0.29) is 5.91 Å². The summed E-state index contributed by atoms with van der Waals surface area (Å²) in [5.41, 5.74) is 1.37. The Morgan fingerprint density at radius 3 is 2.33 bits per heavy atom. The van der Waals surface area contributed by atoms with Crippen molar-refractivity contribution >= 4 is 22.5 Å². The fourth-order valence-corrected chi connectivity index (χ4v) is 3.49. The molecule has 0 saturated heterocycles. The van der Waals surface area contributed by atoms with E-state index in [4.69, 9.17) is 9.47 Å². The Morgan fingerprint density at radius 2 is 1.59 bits per heavy atom. The Kier molecular flexibility index (Phi) is 4.50. The van der Waals surface area contributed by atoms with Gasteiger partial charge in [0.2, 0.25) is 0 Å². The van der Waals surface area contributed by atoms with E-state index >= 15 is 0 Å². The molecule has 0 spiro atoms. The zero-order chi connectivity index (χ0) is 18.8. The lowest BCUT2D eigenvalue weighted by molar-refractivity contribution is 0.0851. The molecule has 0 N–H and O–H groups in total. The van der Waals surface area contributed by atoms with Crippen LogP contribution in [0.2, 0.25) is 0 Å². The Balaban J connectivity index is 1.79. The van der Waals surface area contributed by atoms with Crippen molar-refractivity contribution in [3.8, 4) is 11.5 Å². The number of hydrogen-bond donors (Lipinski definition) is 0. The normalized spacial score (nSPS) is 13.6. The number of hydrogen-bond acceptors (Lipinski definition) is 4. The number of aliphatic imine (C=N–C) groups is 1. The SMILES string of the molecule is COc1cccc(OC)c1C(=O)N1CCN=C1c1cccc2ccccc12. The predicted octanol–water partition coefficient (Wildman–Crippen LogP) is 3.76. The number of fused-ring (bicyclic) bond motifs is 1. The van der Waals surface area contributed by atoms with E-state index < -0.39 is 0 Å². The third-order valence-electron chi connectivity index (χ3n) is 4.76. The quantitative estimate of drug-likeness (QED) is 0.712. The van der Waals surface area contributed by atoms with Gasteiger partial charge in [0.1, 0.15) is 22.9 Å². The molecule has 3 aromatic rings. The molecule has 4 rings (SSSR count). The van der Waals surface area contributed by atoms with E-state index in [9.17, 15) is 4.79 Å². The predicted molar refractivity (Wildman–Crippen MR) is 106 cm³/mol. The van der Waals surface area contributed by atoms with Gasteiger partial charge in [0, 0.05) is 12.1 Å². The van der Waals surface area contributed by atoms with Gasteiger partial charge in [-0.2, -0.15) is 0 Å². The summed E-state index contributed by atoms with van der Waals surface area (Å²) < 4.78 is 10.8. The van der Waals surface area contributed by atoms with Crippen LogP contribution in [0.25, 0.3) is 10.8 Å². The summed E-state index contributed by atoms with van der Waals surface area (Å²) in [5, 5.41) is 2.19. The minimum absolute atomic E-state index is 0.173. The van der Waals surface area contributed by atoms with Crippen LogP contribution in [0.1, 0.15) is 15.9 Å². The van der Waals surface area contributed by atoms with Gasteiger partial charge in [0.05, 0.1) is 20.8 Å². The van der Waals surface area contributed by atoms with E-state index in [1.807, 2.05) is 24.3 Å². The topological polar surface area (TPSA) is 51.1 Å². The molecule has 0 bridgehead atoms. The van der Waals surface area contributed by atoms with Gasteiger partial charge in [-0.1, -0.05) is 48.5 Å². The molecule has 5 heteroatoms. The Bertz CT molecular complexity index is 1020. The molecule has 0 saturated carbocycles. The fourth-order valence-electron chi connectivity index (χ4n) is 3.49. The number of amides is 1. The second-order valence-electron chi connectivity index (χ2n) is 6.23. The molecule has 136 valence electrons. The number of benzene rings is 3. The van der Waals surface area contributed by atoms with Crippen molar-refractivity contribution in [1.29, 1.82) is 0 Å². The zero-order valence-electron chi connectivity index (χ0n) is 15.3. The lowest BCUT2D eigenvalue weighted by Crippen LogP contribution is -2.35. The maximum Gasteiger partial charge on any atom is 0.267 e. The maximum atomic E-state index is 13.4. The Morgan fingerprint density at radius 1 is 0.926 bits per heavy atom. The van der Waals surface area contributed by atoms with Crippen molar-refractivity contribution in [2.24, 2.45) is 4.99 Å². The molecule has 0 aromatic heterocycles. The van der Waals surface area contributed by atoms with Crippen molar-refractivity contribution in [3.63, 3.8) is 0 Å². The first-order valence-corrected chi connectivity index (χ1v) is 8.80. The standard InChI is InChI=1S/C22H20N2O3/c1-26-18-11-6-12-19(27-2)20(18)22(25)24-14-13-23-21(24)17-10-5-8-15-7-3-4-9-16(15)17/h3-12H,13-14H2,1-2H3. The number of carbonyl (C=O) groups is 1. The third kappa shape index (κ3) is 2.91. The molecule has 0 unspecified atom stereocenters. The Labute approximate surface area is 157 Å². The average molecular weight is 360 g/mol. The first-order chi connectivity index (χ1) is 13.2. The molecular weight excluding hydrogens is 340 g/mol. The number of amidine groups is 1. The minimum Gasteiger partial charge on any atom is -0.496 e. The number of carbonyl (C=O) groups excluding carboxylic acids is 1. The highest BCUT2D eigenvalue weighted by Crippen LogP contribution is 2.31. The first-order valence-electron chi connectivity index (χ1n) is 8.80. The van der Waals surface area contributed by atoms with E-state index in [0.717, 1.165) is 16.3 Å². The van der Waals surface area contributed by atoms with Crippen molar-refractivity contribution in [1.82, 2.24) is 4.90 Å². The fraction of sp³-hybridized carbons (Fsp3) is 0.182. The highest BCUT2D eigenvalue weighted by molar-refractivity contribution is 6.19. The van der Waals surface area contributed by atoms with Gasteiger partial charge in [-0.3, -0.25) is 14.7 Å². The van der Waals surface area contributed by atoms with Crippen LogP contribution in [0.15, 0.2) is 65.7 Å². The highest BCUT2D eigenvalue weighted by atomic mass is 16.5. The lowest BCUT2D eigenvalue weighted by Gasteiger charge is -2.22. The van der Waals surface area contributed by atoms with Crippen molar-refractivity contribution in [2.75, 3.05) is 27.3 Å². The van der Waals surface area contributed by atoms with Gasteiger partial charge in [0.15, 0.2) is 0 Å². The zero-order valence-corrected chi connectivity index (χ0v) is 15.3. The van der Waals surface area contributed by atoms with Crippen LogP contribution in [0.5, 0.6) is 11.5 Å². The second kappa shape index (κ2) is 7.11. The molecule has 0 aliphatic carbocycles. The summed E-state index contributed by atoms with van der Waals surface area (Å²) in [6.07, 6.45) is 0. The maximum absolute atomic E-state index is 13.4. The summed E-state index contributed by atoms with van der Waals surface area (Å²) in [6.45, 7) is 1.10. The van der Waals surface area contributed by atoms with E-state index in [1.165, 1.54) is 0 Å². The molecule has 1 heterocycles. The Hall–Kier alpha value is -3.34. The molecule has 1 amide bonds. The molecule has 27 heavy (non-hydrogen) atoms. The van der Waals surface area contributed by atoms with Crippen LogP contribution in [-0.2, 0) is 0 Å². The summed E-state index contributed by atoms with van der Waals surface area (Å²) in [7, 11) is 3.10. The van der Waals surface area contributed by atoms with Crippen molar-refractivity contribution in [3.05, 3.63) is 71.8 Å². The summed E-state index contributed by atoms with van der Waals surface area (Å²) in [5.74, 6) is 1.49. The van der Waals surface area contributed by atoms with Crippen LogP contribution in [-0.4, -0.2) is 44.0 Å². The smallest absolute Gasteiger partial charge is 0.267 e. The summed E-state index contributed by atoms with van der Waals surface area (Å²) in [4.78, 5) is 19.8. The van der Waals surface area contributed by atoms with Gasteiger partial charge in [-0.25, -0.2) is 0 Å². The van der Waals surface area contributed by atoms with Gasteiger partial charge in [-0.05, 0) is 22.9 Å². The minimum atomic E-state index is -0.173. The largest absolute Gasteiger partial charge is 0.496 e. The monoisotopic (exact) mass is 360 g/mol. The average Bonchev–Trinajstić information content (AvgIpc) is 3.21. The molecule has 3 aromatic carbocycles. The number of methoxy groups -OCH3 is 2. The van der Waals surface area contributed by atoms with Gasteiger partial charge < -0.3 is 9.47 Å². The first kappa shape index (κ1) is 17.1. The van der Waals surface area contributed by atoms with E-state index in [1.54, 1.807) is 37.3 Å². The number of rotatable bonds is 4. The van der Waals surface area contributed by atoms with Crippen LogP contribution in [0.3, 0.4) is 0 Å². The molecule has 0 radical (unpaired) electrons. The molecule has 5 nitrogen and oxygen atoms in total. The molecule has 1 aliphatic rings. The molecule has 0 atom stereocenters. The van der Waals surface area contributed by atoms with Crippen LogP contribution < -0.4 is 9.47 Å². The molecule has 0 fully saturated rings. The van der Waals surface area contributed by atoms with Crippen LogP contribution >= 0.6 is 0 Å². The lowest BCUT2D eigenvalue weighted by atomic mass is 10.0. The number of ether oxygens (including phenoxy) is 2. The summed E-state index contributed by atoms with van der Waals surface area (Å²) >= 11 is 0. The summed E-state index contributed by atoms with van der Waals surface area (Å²) in [6, 6.07) is 19.5. The van der Waals surface area contributed by atoms with Crippen molar-refractivity contribution < 1.29 is 14.3 Å². The van der Waals surface area contributed by atoms with Crippen molar-refractivity contribution in [2.45, 2.75) is 0 Å². The van der Waals surface area contributed by atoms with E-state index in [0.29, 0.717) is 36.0 Å². The molecule has 1 aliphatic heterocycles. The second-order valence-corrected chi connectivity index (χ2v) is 6.23. The third-order valence-corrected chi connectivity index (χ3v) is 4.76. The van der Waals surface area contributed by atoms with Gasteiger partial charge in [0.25, 0.3) is 5.91 Å². The van der Waals surface area contributed by atoms with Crippen LogP contribution in [0, 0.1) is 0 Å². The highest BCUT2D eigenvalue weighted by Gasteiger charge is 2.30. The van der Waals surface area contributed by atoms with Crippen LogP contribution in [0.4, 0.5) is 0 Å².